The lowest BCUT2D eigenvalue weighted by Gasteiger charge is -2.23. The molecule has 5 nitrogen and oxygen atoms in total. The highest BCUT2D eigenvalue weighted by Gasteiger charge is 2.14. The summed E-state index contributed by atoms with van der Waals surface area (Å²) in [6.45, 7) is 4.04. The van der Waals surface area contributed by atoms with Crippen molar-refractivity contribution in [3.8, 4) is 0 Å². The maximum atomic E-state index is 12.2. The van der Waals surface area contributed by atoms with Crippen LogP contribution in [0.1, 0.15) is 13.3 Å². The zero-order valence-electron chi connectivity index (χ0n) is 11.7. The average molecular weight is 265 g/mol. The van der Waals surface area contributed by atoms with Gasteiger partial charge in [-0.05, 0) is 37.2 Å². The molecule has 1 aromatic carbocycles. The van der Waals surface area contributed by atoms with E-state index in [1.54, 1.807) is 24.1 Å². The second-order valence-electron chi connectivity index (χ2n) is 4.49. The minimum atomic E-state index is 0.0320. The predicted molar refractivity (Wildman–Crippen MR) is 78.1 cm³/mol. The summed E-state index contributed by atoms with van der Waals surface area (Å²) < 4.78 is 0. The molecule has 0 spiro atoms. The molecule has 0 bridgehead atoms. The van der Waals surface area contributed by atoms with Crippen LogP contribution in [0.2, 0.25) is 0 Å². The molecule has 0 heterocycles. The molecule has 0 saturated carbocycles. The van der Waals surface area contributed by atoms with Gasteiger partial charge >= 0.3 is 0 Å². The van der Waals surface area contributed by atoms with Gasteiger partial charge < -0.3 is 15.7 Å². The number of hydrogen-bond acceptors (Lipinski definition) is 4. The van der Waals surface area contributed by atoms with E-state index in [9.17, 15) is 4.79 Å². The van der Waals surface area contributed by atoms with E-state index in [-0.39, 0.29) is 12.5 Å². The lowest BCUT2D eigenvalue weighted by Crippen LogP contribution is -2.39. The molecule has 1 amide bonds. The Hall–Kier alpha value is -1.59. The van der Waals surface area contributed by atoms with Crippen molar-refractivity contribution < 1.29 is 9.90 Å². The highest BCUT2D eigenvalue weighted by Crippen LogP contribution is 2.15. The van der Waals surface area contributed by atoms with Gasteiger partial charge in [-0.25, -0.2) is 0 Å². The van der Waals surface area contributed by atoms with E-state index < -0.39 is 0 Å². The SMILES string of the molecule is CCN(CCCO)CC(=O)N(C)c1ccc(N)cc1. The molecule has 0 aliphatic carbocycles. The second-order valence-corrected chi connectivity index (χ2v) is 4.49. The number of likely N-dealkylation sites (N-methyl/N-ethyl adjacent to an activating group) is 2. The van der Waals surface area contributed by atoms with Gasteiger partial charge in [-0.15, -0.1) is 0 Å². The molecule has 19 heavy (non-hydrogen) atoms. The van der Waals surface area contributed by atoms with Gasteiger partial charge in [0, 0.05) is 31.6 Å². The van der Waals surface area contributed by atoms with E-state index in [4.69, 9.17) is 10.8 Å². The maximum Gasteiger partial charge on any atom is 0.240 e. The smallest absolute Gasteiger partial charge is 0.240 e. The van der Waals surface area contributed by atoms with Crippen molar-refractivity contribution in [2.24, 2.45) is 0 Å². The van der Waals surface area contributed by atoms with Gasteiger partial charge in [0.25, 0.3) is 0 Å². The van der Waals surface area contributed by atoms with Crippen molar-refractivity contribution in [1.82, 2.24) is 4.90 Å². The quantitative estimate of drug-likeness (QED) is 0.720. The molecule has 106 valence electrons. The Labute approximate surface area is 114 Å². The number of benzene rings is 1. The van der Waals surface area contributed by atoms with Crippen LogP contribution >= 0.6 is 0 Å². The Balaban J connectivity index is 2.58. The Morgan fingerprint density at radius 3 is 2.47 bits per heavy atom. The highest BCUT2D eigenvalue weighted by atomic mass is 16.3. The highest BCUT2D eigenvalue weighted by molar-refractivity contribution is 5.94. The van der Waals surface area contributed by atoms with Crippen LogP contribution in [0.15, 0.2) is 24.3 Å². The molecule has 0 saturated heterocycles. The Kier molecular flexibility index (Phi) is 6.32. The van der Waals surface area contributed by atoms with E-state index in [1.165, 1.54) is 0 Å². The van der Waals surface area contributed by atoms with Crippen molar-refractivity contribution in [1.29, 1.82) is 0 Å². The van der Waals surface area contributed by atoms with Crippen LogP contribution in [0.4, 0.5) is 11.4 Å². The number of amides is 1. The first-order chi connectivity index (χ1) is 9.08. The Morgan fingerprint density at radius 2 is 1.95 bits per heavy atom. The summed E-state index contributed by atoms with van der Waals surface area (Å²) >= 11 is 0. The minimum Gasteiger partial charge on any atom is -0.399 e. The zero-order valence-corrected chi connectivity index (χ0v) is 11.7. The average Bonchev–Trinajstić information content (AvgIpc) is 2.43. The first-order valence-electron chi connectivity index (χ1n) is 6.53. The van der Waals surface area contributed by atoms with Crippen LogP contribution in [0.25, 0.3) is 0 Å². The third kappa shape index (κ3) is 4.89. The van der Waals surface area contributed by atoms with Gasteiger partial charge in [0.05, 0.1) is 6.54 Å². The van der Waals surface area contributed by atoms with Gasteiger partial charge in [-0.2, -0.15) is 0 Å². The van der Waals surface area contributed by atoms with Crippen molar-refractivity contribution in [2.45, 2.75) is 13.3 Å². The van der Waals surface area contributed by atoms with Crippen LogP contribution in [0.3, 0.4) is 0 Å². The van der Waals surface area contributed by atoms with Crippen molar-refractivity contribution >= 4 is 17.3 Å². The maximum absolute atomic E-state index is 12.2. The number of nitrogens with two attached hydrogens (primary N) is 1. The topological polar surface area (TPSA) is 69.8 Å². The van der Waals surface area contributed by atoms with E-state index >= 15 is 0 Å². The third-order valence-electron chi connectivity index (χ3n) is 3.09. The summed E-state index contributed by atoms with van der Waals surface area (Å²) in [6, 6.07) is 7.22. The standard InChI is InChI=1S/C14H23N3O2/c1-3-17(9-4-10-18)11-14(19)16(2)13-7-5-12(15)6-8-13/h5-8,18H,3-4,9-11,15H2,1-2H3. The predicted octanol–water partition coefficient (Wildman–Crippen LogP) is 0.936. The zero-order chi connectivity index (χ0) is 14.3. The van der Waals surface area contributed by atoms with E-state index in [2.05, 4.69) is 0 Å². The molecule has 0 aromatic heterocycles. The molecule has 0 aliphatic rings. The first-order valence-corrected chi connectivity index (χ1v) is 6.53. The molecule has 0 radical (unpaired) electrons. The van der Waals surface area contributed by atoms with Crippen LogP contribution in [-0.2, 0) is 4.79 Å². The monoisotopic (exact) mass is 265 g/mol. The van der Waals surface area contributed by atoms with Crippen molar-refractivity contribution in [3.05, 3.63) is 24.3 Å². The van der Waals surface area contributed by atoms with Crippen LogP contribution in [0.5, 0.6) is 0 Å². The summed E-state index contributed by atoms with van der Waals surface area (Å²) in [5.74, 6) is 0.0320. The molecule has 0 fully saturated rings. The summed E-state index contributed by atoms with van der Waals surface area (Å²) in [4.78, 5) is 15.8. The van der Waals surface area contributed by atoms with Crippen LogP contribution in [-0.4, -0.2) is 49.2 Å². The fourth-order valence-corrected chi connectivity index (χ4v) is 1.78. The number of anilines is 2. The number of carbonyl (C=O) groups is 1. The Morgan fingerprint density at radius 1 is 1.32 bits per heavy atom. The number of nitrogens with zero attached hydrogens (tertiary/aromatic N) is 2. The summed E-state index contributed by atoms with van der Waals surface area (Å²) in [5, 5.41) is 8.82. The molecule has 1 aromatic rings. The number of hydrogen-bond donors (Lipinski definition) is 2. The van der Waals surface area contributed by atoms with Gasteiger partial charge in [0.1, 0.15) is 0 Å². The third-order valence-corrected chi connectivity index (χ3v) is 3.09. The lowest BCUT2D eigenvalue weighted by molar-refractivity contribution is -0.119. The molecule has 0 aliphatic heterocycles. The van der Waals surface area contributed by atoms with E-state index in [0.717, 1.165) is 18.8 Å². The number of nitrogen functional groups attached to an aromatic ring is 1. The number of carbonyl (C=O) groups excluding carboxylic acids is 1. The number of rotatable bonds is 7. The molecule has 1 rings (SSSR count). The summed E-state index contributed by atoms with van der Waals surface area (Å²) in [5.41, 5.74) is 7.14. The second kappa shape index (κ2) is 7.76. The van der Waals surface area contributed by atoms with Crippen LogP contribution < -0.4 is 10.6 Å². The van der Waals surface area contributed by atoms with Gasteiger partial charge in [0.15, 0.2) is 0 Å². The van der Waals surface area contributed by atoms with Crippen molar-refractivity contribution in [3.63, 3.8) is 0 Å². The normalized spacial score (nSPS) is 10.7. The molecule has 0 unspecified atom stereocenters. The Bertz CT molecular complexity index is 392. The number of aliphatic hydroxyl groups is 1. The molecular formula is C14H23N3O2. The van der Waals surface area contributed by atoms with Crippen molar-refractivity contribution in [2.75, 3.05) is 43.9 Å². The van der Waals surface area contributed by atoms with Gasteiger partial charge in [-0.1, -0.05) is 6.92 Å². The fraction of sp³-hybridized carbons (Fsp3) is 0.500. The fourth-order valence-electron chi connectivity index (χ4n) is 1.78. The molecule has 5 heteroatoms. The van der Waals surface area contributed by atoms with E-state index in [1.807, 2.05) is 24.0 Å². The minimum absolute atomic E-state index is 0.0320. The summed E-state index contributed by atoms with van der Waals surface area (Å²) in [6.07, 6.45) is 0.687. The van der Waals surface area contributed by atoms with Crippen LogP contribution in [0, 0.1) is 0 Å². The molecule has 3 N–H and O–H groups in total. The summed E-state index contributed by atoms with van der Waals surface area (Å²) in [7, 11) is 1.76. The van der Waals surface area contributed by atoms with Gasteiger partial charge in [0.2, 0.25) is 5.91 Å². The largest absolute Gasteiger partial charge is 0.399 e. The lowest BCUT2D eigenvalue weighted by atomic mass is 10.2. The van der Waals surface area contributed by atoms with Gasteiger partial charge in [-0.3, -0.25) is 9.69 Å². The first kappa shape index (κ1) is 15.5. The molecular weight excluding hydrogens is 242 g/mol. The van der Waals surface area contributed by atoms with E-state index in [0.29, 0.717) is 18.7 Å². The number of aliphatic hydroxyl groups excluding tert-OH is 1. The molecule has 0 atom stereocenters.